The summed E-state index contributed by atoms with van der Waals surface area (Å²) in [6.07, 6.45) is 11.0. The fourth-order valence-electron chi connectivity index (χ4n) is 6.29. The monoisotopic (exact) mass is 401 g/mol. The molecule has 0 radical (unpaired) electrons. The predicted molar refractivity (Wildman–Crippen MR) is 110 cm³/mol. The van der Waals surface area contributed by atoms with Gasteiger partial charge in [0.15, 0.2) is 9.84 Å². The van der Waals surface area contributed by atoms with Crippen molar-refractivity contribution in [1.29, 1.82) is 0 Å². The van der Waals surface area contributed by atoms with Crippen molar-refractivity contribution in [3.8, 4) is 0 Å². The Morgan fingerprint density at radius 1 is 1.07 bits per heavy atom. The Hall–Kier alpha value is -1.62. The standard InChI is InChI=1S/C23H31NO3S/c1-15(23-12-17-9-18(13-23)11-19(10-17)14-23)8-22(25)24-16(2)20-4-6-21(7-5-20)28(3,26)27/h4-8,16-19H,9-14H2,1-3H3,(H,24,25)/b15-8+. The van der Waals surface area contributed by atoms with Crippen LogP contribution in [0.15, 0.2) is 40.8 Å². The molecule has 0 aromatic heterocycles. The smallest absolute Gasteiger partial charge is 0.244 e. The van der Waals surface area contributed by atoms with Crippen LogP contribution >= 0.6 is 0 Å². The second kappa shape index (κ2) is 7.01. The van der Waals surface area contributed by atoms with E-state index in [2.05, 4.69) is 12.2 Å². The lowest BCUT2D eigenvalue weighted by Crippen LogP contribution is -2.46. The summed E-state index contributed by atoms with van der Waals surface area (Å²) in [5.41, 5.74) is 2.41. The Kier molecular flexibility index (Phi) is 4.93. The molecule has 0 heterocycles. The van der Waals surface area contributed by atoms with Gasteiger partial charge in [0, 0.05) is 12.3 Å². The molecule has 1 amide bonds. The lowest BCUT2D eigenvalue weighted by atomic mass is 9.48. The summed E-state index contributed by atoms with van der Waals surface area (Å²) in [5, 5.41) is 3.05. The fourth-order valence-corrected chi connectivity index (χ4v) is 6.92. The SMILES string of the molecule is C/C(=C\C(=O)NC(C)c1ccc(S(C)(=O)=O)cc1)C12CC3CC(CC(C3)C1)C2. The van der Waals surface area contributed by atoms with Crippen molar-refractivity contribution in [2.45, 2.75) is 63.3 Å². The Labute approximate surface area is 168 Å². The van der Waals surface area contributed by atoms with Crippen LogP contribution in [0.3, 0.4) is 0 Å². The zero-order chi connectivity index (χ0) is 20.1. The number of sulfone groups is 1. The van der Waals surface area contributed by atoms with Crippen LogP contribution in [0.25, 0.3) is 0 Å². The van der Waals surface area contributed by atoms with Crippen LogP contribution in [0.2, 0.25) is 0 Å². The Morgan fingerprint density at radius 3 is 2.04 bits per heavy atom. The summed E-state index contributed by atoms with van der Waals surface area (Å²) in [7, 11) is -3.20. The van der Waals surface area contributed by atoms with Crippen molar-refractivity contribution in [2.24, 2.45) is 23.2 Å². The molecule has 0 aliphatic heterocycles. The normalized spacial score (nSPS) is 33.0. The second-order valence-corrected chi connectivity index (χ2v) is 11.6. The summed E-state index contributed by atoms with van der Waals surface area (Å²) >= 11 is 0. The van der Waals surface area contributed by atoms with Gasteiger partial charge in [-0.1, -0.05) is 17.7 Å². The Morgan fingerprint density at radius 2 is 1.57 bits per heavy atom. The maximum absolute atomic E-state index is 12.7. The van der Waals surface area contributed by atoms with Gasteiger partial charge in [0.2, 0.25) is 5.91 Å². The third-order valence-electron chi connectivity index (χ3n) is 7.39. The van der Waals surface area contributed by atoms with Crippen LogP contribution in [0, 0.1) is 23.2 Å². The van der Waals surface area contributed by atoms with Gasteiger partial charge in [-0.25, -0.2) is 8.42 Å². The average Bonchev–Trinajstić information content (AvgIpc) is 2.59. The van der Waals surface area contributed by atoms with E-state index in [0.29, 0.717) is 4.90 Å². The van der Waals surface area contributed by atoms with E-state index in [1.165, 1.54) is 50.4 Å². The molecule has 0 spiro atoms. The summed E-state index contributed by atoms with van der Waals surface area (Å²) in [6, 6.07) is 6.59. The highest BCUT2D eigenvalue weighted by Gasteiger charge is 2.51. The fraction of sp³-hybridized carbons (Fsp3) is 0.609. The molecule has 1 N–H and O–H groups in total. The van der Waals surface area contributed by atoms with Crippen molar-refractivity contribution in [3.05, 3.63) is 41.5 Å². The molecule has 1 aromatic rings. The van der Waals surface area contributed by atoms with Crippen molar-refractivity contribution in [2.75, 3.05) is 6.26 Å². The van der Waals surface area contributed by atoms with Gasteiger partial charge in [0.25, 0.3) is 0 Å². The van der Waals surface area contributed by atoms with Crippen molar-refractivity contribution >= 4 is 15.7 Å². The molecular weight excluding hydrogens is 370 g/mol. The second-order valence-electron chi connectivity index (χ2n) is 9.60. The molecule has 1 unspecified atom stereocenters. The van der Waals surface area contributed by atoms with Crippen LogP contribution in [0.5, 0.6) is 0 Å². The van der Waals surface area contributed by atoms with Crippen LogP contribution in [0.4, 0.5) is 0 Å². The molecule has 4 aliphatic rings. The molecule has 1 aromatic carbocycles. The molecule has 5 heteroatoms. The number of hydrogen-bond donors (Lipinski definition) is 1. The summed E-state index contributed by atoms with van der Waals surface area (Å²) in [4.78, 5) is 13.0. The van der Waals surface area contributed by atoms with E-state index in [9.17, 15) is 13.2 Å². The lowest BCUT2D eigenvalue weighted by Gasteiger charge is -2.57. The van der Waals surface area contributed by atoms with E-state index in [4.69, 9.17) is 0 Å². The van der Waals surface area contributed by atoms with Crippen molar-refractivity contribution in [3.63, 3.8) is 0 Å². The molecular formula is C23H31NO3S. The van der Waals surface area contributed by atoms with Gasteiger partial charge < -0.3 is 5.32 Å². The quantitative estimate of drug-likeness (QED) is 0.743. The number of benzene rings is 1. The molecule has 4 bridgehead atoms. The number of carbonyl (C=O) groups is 1. The van der Waals surface area contributed by atoms with E-state index in [1.54, 1.807) is 24.3 Å². The van der Waals surface area contributed by atoms with E-state index >= 15 is 0 Å². The average molecular weight is 402 g/mol. The number of carbonyl (C=O) groups excluding carboxylic acids is 1. The van der Waals surface area contributed by atoms with E-state index < -0.39 is 9.84 Å². The molecule has 5 rings (SSSR count). The predicted octanol–water partition coefficient (Wildman–Crippen LogP) is 4.43. The summed E-state index contributed by atoms with van der Waals surface area (Å²) in [6.45, 7) is 4.08. The highest BCUT2D eigenvalue weighted by atomic mass is 32.2. The first kappa shape index (κ1) is 19.7. The lowest BCUT2D eigenvalue weighted by molar-refractivity contribution is -0.117. The largest absolute Gasteiger partial charge is 0.346 e. The van der Waals surface area contributed by atoms with Gasteiger partial charge >= 0.3 is 0 Å². The van der Waals surface area contributed by atoms with E-state index in [-0.39, 0.29) is 17.4 Å². The first-order valence-corrected chi connectivity index (χ1v) is 12.3. The molecule has 28 heavy (non-hydrogen) atoms. The maximum atomic E-state index is 12.7. The summed E-state index contributed by atoms with van der Waals surface area (Å²) in [5.74, 6) is 2.55. The van der Waals surface area contributed by atoms with Crippen LogP contribution in [-0.2, 0) is 14.6 Å². The highest BCUT2D eigenvalue weighted by molar-refractivity contribution is 7.90. The number of allylic oxidation sites excluding steroid dienone is 1. The Bertz CT molecular complexity index is 863. The molecule has 1 atom stereocenters. The molecule has 4 saturated carbocycles. The highest BCUT2D eigenvalue weighted by Crippen LogP contribution is 2.62. The Balaban J connectivity index is 1.43. The van der Waals surface area contributed by atoms with Gasteiger partial charge in [0.1, 0.15) is 0 Å². The minimum absolute atomic E-state index is 0.0482. The number of nitrogens with one attached hydrogen (secondary N) is 1. The van der Waals surface area contributed by atoms with Crippen molar-refractivity contribution < 1.29 is 13.2 Å². The van der Waals surface area contributed by atoms with Gasteiger partial charge in [-0.2, -0.15) is 0 Å². The molecule has 152 valence electrons. The van der Waals surface area contributed by atoms with E-state index in [0.717, 1.165) is 23.3 Å². The summed E-state index contributed by atoms with van der Waals surface area (Å²) < 4.78 is 23.2. The van der Waals surface area contributed by atoms with Crippen LogP contribution in [-0.4, -0.2) is 20.6 Å². The van der Waals surface area contributed by atoms with Gasteiger partial charge in [0.05, 0.1) is 10.9 Å². The molecule has 4 fully saturated rings. The van der Waals surface area contributed by atoms with E-state index in [1.807, 2.05) is 13.0 Å². The minimum Gasteiger partial charge on any atom is -0.346 e. The first-order chi connectivity index (χ1) is 13.1. The third-order valence-corrected chi connectivity index (χ3v) is 8.52. The number of rotatable bonds is 5. The van der Waals surface area contributed by atoms with Gasteiger partial charge in [-0.3, -0.25) is 4.79 Å². The molecule has 0 saturated heterocycles. The minimum atomic E-state index is -3.20. The van der Waals surface area contributed by atoms with Gasteiger partial charge in [-0.15, -0.1) is 0 Å². The van der Waals surface area contributed by atoms with Crippen molar-refractivity contribution in [1.82, 2.24) is 5.32 Å². The zero-order valence-electron chi connectivity index (χ0n) is 17.1. The molecule has 4 nitrogen and oxygen atoms in total. The maximum Gasteiger partial charge on any atom is 0.244 e. The topological polar surface area (TPSA) is 63.2 Å². The van der Waals surface area contributed by atoms with Crippen LogP contribution < -0.4 is 5.32 Å². The third kappa shape index (κ3) is 3.78. The number of hydrogen-bond acceptors (Lipinski definition) is 3. The zero-order valence-corrected chi connectivity index (χ0v) is 17.9. The van der Waals surface area contributed by atoms with Gasteiger partial charge in [-0.05, 0) is 93.2 Å². The number of amides is 1. The molecule has 4 aliphatic carbocycles. The van der Waals surface area contributed by atoms with Crippen LogP contribution in [0.1, 0.15) is 64.0 Å². The first-order valence-electron chi connectivity index (χ1n) is 10.4.